The molecule has 1 aliphatic rings. The Bertz CT molecular complexity index is 279. The van der Waals surface area contributed by atoms with Crippen molar-refractivity contribution in [3.63, 3.8) is 0 Å². The summed E-state index contributed by atoms with van der Waals surface area (Å²) in [5, 5.41) is 0. The lowest BCUT2D eigenvalue weighted by atomic mass is 10.1. The molecule has 0 aromatic rings. The molecule has 3 heteroatoms. The van der Waals surface area contributed by atoms with E-state index in [0.717, 1.165) is 19.5 Å². The minimum atomic E-state index is -0.249. The van der Waals surface area contributed by atoms with E-state index in [1.165, 1.54) is 12.7 Å². The molecule has 14 heavy (non-hydrogen) atoms. The summed E-state index contributed by atoms with van der Waals surface area (Å²) >= 11 is 0. The van der Waals surface area contributed by atoms with Crippen molar-refractivity contribution < 1.29 is 9.53 Å². The second kappa shape index (κ2) is 4.84. The Hall–Kier alpha value is -1.25. The normalized spacial score (nSPS) is 16.9. The Morgan fingerprint density at radius 1 is 1.71 bits per heavy atom. The van der Waals surface area contributed by atoms with Gasteiger partial charge in [0.1, 0.15) is 0 Å². The van der Waals surface area contributed by atoms with E-state index < -0.39 is 0 Å². The summed E-state index contributed by atoms with van der Waals surface area (Å²) in [6, 6.07) is 0. The van der Waals surface area contributed by atoms with Crippen LogP contribution in [0.25, 0.3) is 0 Å². The summed E-state index contributed by atoms with van der Waals surface area (Å²) in [4.78, 5) is 13.4. The van der Waals surface area contributed by atoms with Gasteiger partial charge in [-0.15, -0.1) is 0 Å². The number of hydrogen-bond donors (Lipinski definition) is 0. The number of ether oxygens (including phenoxy) is 1. The smallest absolute Gasteiger partial charge is 0.333 e. The Morgan fingerprint density at radius 3 is 2.93 bits per heavy atom. The highest BCUT2D eigenvalue weighted by Crippen LogP contribution is 2.16. The average molecular weight is 195 g/mol. The van der Waals surface area contributed by atoms with Crippen molar-refractivity contribution in [1.82, 2.24) is 4.90 Å². The zero-order valence-corrected chi connectivity index (χ0v) is 9.04. The molecule has 0 bridgehead atoms. The van der Waals surface area contributed by atoms with Crippen molar-refractivity contribution in [2.24, 2.45) is 0 Å². The minimum Gasteiger partial charge on any atom is -0.466 e. The van der Waals surface area contributed by atoms with Gasteiger partial charge < -0.3 is 9.64 Å². The molecule has 78 valence electrons. The molecule has 3 nitrogen and oxygen atoms in total. The third-order valence-electron chi connectivity index (χ3n) is 2.35. The number of hydrogen-bond acceptors (Lipinski definition) is 3. The van der Waals surface area contributed by atoms with Crippen LogP contribution in [0.3, 0.4) is 0 Å². The first-order valence-corrected chi connectivity index (χ1v) is 4.88. The Balaban J connectivity index is 2.64. The highest BCUT2D eigenvalue weighted by Gasteiger charge is 2.10. The first-order chi connectivity index (χ1) is 6.67. The molecule has 0 radical (unpaired) electrons. The van der Waals surface area contributed by atoms with Gasteiger partial charge in [-0.2, -0.15) is 0 Å². The lowest BCUT2D eigenvalue weighted by Crippen LogP contribution is -2.12. The number of methoxy groups -OCH3 is 1. The van der Waals surface area contributed by atoms with Gasteiger partial charge >= 0.3 is 5.97 Å². The molecule has 0 aliphatic carbocycles. The summed E-state index contributed by atoms with van der Waals surface area (Å²) in [7, 11) is 1.40. The fraction of sp³-hybridized carbons (Fsp3) is 0.545. The lowest BCUT2D eigenvalue weighted by Gasteiger charge is -2.09. The topological polar surface area (TPSA) is 29.5 Å². The molecule has 0 saturated heterocycles. The molecule has 0 amide bonds. The quantitative estimate of drug-likeness (QED) is 0.507. The van der Waals surface area contributed by atoms with Crippen LogP contribution in [0.4, 0.5) is 0 Å². The Kier molecular flexibility index (Phi) is 3.74. The molecule has 0 N–H and O–H groups in total. The summed E-state index contributed by atoms with van der Waals surface area (Å²) in [6.07, 6.45) is 5.02. The number of carbonyl (C=O) groups excluding carboxylic acids is 1. The van der Waals surface area contributed by atoms with E-state index in [1.807, 2.05) is 6.08 Å². The fourth-order valence-electron chi connectivity index (χ4n) is 1.49. The summed E-state index contributed by atoms with van der Waals surface area (Å²) in [5.41, 5.74) is 1.87. The maximum atomic E-state index is 11.1. The van der Waals surface area contributed by atoms with Crippen LogP contribution in [0.1, 0.15) is 20.3 Å². The summed E-state index contributed by atoms with van der Waals surface area (Å²) < 4.78 is 4.63. The minimum absolute atomic E-state index is 0.249. The van der Waals surface area contributed by atoms with Crippen LogP contribution in [0.5, 0.6) is 0 Å². The van der Waals surface area contributed by atoms with Crippen LogP contribution >= 0.6 is 0 Å². The van der Waals surface area contributed by atoms with Crippen LogP contribution in [0, 0.1) is 0 Å². The maximum Gasteiger partial charge on any atom is 0.333 e. The number of nitrogens with zero attached hydrogens (tertiary/aromatic N) is 1. The predicted octanol–water partition coefficient (Wildman–Crippen LogP) is 1.72. The van der Waals surface area contributed by atoms with Crippen LogP contribution in [0.15, 0.2) is 23.4 Å². The second-order valence-electron chi connectivity index (χ2n) is 3.40. The first-order valence-electron chi connectivity index (χ1n) is 4.88. The fourth-order valence-corrected chi connectivity index (χ4v) is 1.49. The van der Waals surface area contributed by atoms with Crippen molar-refractivity contribution in [2.45, 2.75) is 20.3 Å². The number of allylic oxidation sites excluding steroid dienone is 1. The van der Waals surface area contributed by atoms with Gasteiger partial charge in [0.25, 0.3) is 0 Å². The average Bonchev–Trinajstić information content (AvgIpc) is 2.64. The van der Waals surface area contributed by atoms with Gasteiger partial charge in [-0.1, -0.05) is 0 Å². The van der Waals surface area contributed by atoms with Crippen LogP contribution in [-0.4, -0.2) is 31.1 Å². The highest BCUT2D eigenvalue weighted by atomic mass is 16.5. The molecule has 1 rings (SSSR count). The van der Waals surface area contributed by atoms with E-state index in [-0.39, 0.29) is 5.97 Å². The highest BCUT2D eigenvalue weighted by molar-refractivity contribution is 5.88. The zero-order valence-electron chi connectivity index (χ0n) is 9.04. The van der Waals surface area contributed by atoms with Crippen LogP contribution in [-0.2, 0) is 9.53 Å². The third-order valence-corrected chi connectivity index (χ3v) is 2.35. The number of esters is 1. The van der Waals surface area contributed by atoms with Gasteiger partial charge in [0.05, 0.1) is 7.11 Å². The number of carbonyl (C=O) groups is 1. The molecular formula is C11H17NO2. The summed E-state index contributed by atoms with van der Waals surface area (Å²) in [5.74, 6) is -0.249. The molecular weight excluding hydrogens is 178 g/mol. The van der Waals surface area contributed by atoms with E-state index in [9.17, 15) is 4.79 Å². The maximum absolute atomic E-state index is 11.1. The standard InChI is InChI=1S/C11H17NO2/c1-4-12-6-5-10(8-12)7-9(2)11(13)14-3/h7-8H,4-6H2,1-3H3/b9-7+. The van der Waals surface area contributed by atoms with Gasteiger partial charge in [-0.05, 0) is 31.9 Å². The van der Waals surface area contributed by atoms with E-state index in [4.69, 9.17) is 0 Å². The molecule has 1 heterocycles. The monoisotopic (exact) mass is 195 g/mol. The number of rotatable bonds is 3. The van der Waals surface area contributed by atoms with E-state index in [0.29, 0.717) is 5.57 Å². The van der Waals surface area contributed by atoms with Gasteiger partial charge in [0.15, 0.2) is 0 Å². The van der Waals surface area contributed by atoms with Crippen molar-refractivity contribution in [3.05, 3.63) is 23.4 Å². The molecule has 0 atom stereocenters. The van der Waals surface area contributed by atoms with Crippen molar-refractivity contribution >= 4 is 5.97 Å². The van der Waals surface area contributed by atoms with E-state index in [1.54, 1.807) is 6.92 Å². The molecule has 0 unspecified atom stereocenters. The van der Waals surface area contributed by atoms with Gasteiger partial charge in [0, 0.05) is 24.9 Å². The van der Waals surface area contributed by atoms with E-state index in [2.05, 4.69) is 22.8 Å². The molecule has 0 aromatic heterocycles. The van der Waals surface area contributed by atoms with Crippen LogP contribution in [0.2, 0.25) is 0 Å². The summed E-state index contributed by atoms with van der Waals surface area (Å²) in [6.45, 7) is 5.98. The molecule has 0 fully saturated rings. The zero-order chi connectivity index (χ0) is 10.6. The van der Waals surface area contributed by atoms with E-state index >= 15 is 0 Å². The molecule has 1 aliphatic heterocycles. The second-order valence-corrected chi connectivity index (χ2v) is 3.40. The Labute approximate surface area is 85.0 Å². The lowest BCUT2D eigenvalue weighted by molar-refractivity contribution is -0.136. The predicted molar refractivity (Wildman–Crippen MR) is 55.7 cm³/mol. The Morgan fingerprint density at radius 2 is 2.43 bits per heavy atom. The van der Waals surface area contributed by atoms with Gasteiger partial charge in [-0.25, -0.2) is 4.79 Å². The molecule has 0 saturated carbocycles. The van der Waals surface area contributed by atoms with Gasteiger partial charge in [0.2, 0.25) is 0 Å². The van der Waals surface area contributed by atoms with Crippen molar-refractivity contribution in [2.75, 3.05) is 20.2 Å². The van der Waals surface area contributed by atoms with Crippen LogP contribution < -0.4 is 0 Å². The first kappa shape index (κ1) is 10.8. The SMILES string of the molecule is CCN1C=C(/C=C(\C)C(=O)OC)CC1. The van der Waals surface area contributed by atoms with Crippen molar-refractivity contribution in [3.8, 4) is 0 Å². The molecule has 0 spiro atoms. The van der Waals surface area contributed by atoms with Crippen molar-refractivity contribution in [1.29, 1.82) is 0 Å². The third kappa shape index (κ3) is 2.62. The largest absolute Gasteiger partial charge is 0.466 e. The van der Waals surface area contributed by atoms with Gasteiger partial charge in [-0.3, -0.25) is 0 Å². The molecule has 0 aromatic carbocycles.